The van der Waals surface area contributed by atoms with Gasteiger partial charge in [0.05, 0.1) is 52.5 Å². The fourth-order valence-corrected chi connectivity index (χ4v) is 3.94. The lowest BCUT2D eigenvalue weighted by Gasteiger charge is -2.32. The first-order valence-electron chi connectivity index (χ1n) is 13.4. The van der Waals surface area contributed by atoms with Crippen molar-refractivity contribution in [3.8, 4) is 49.4 Å². The average Bonchev–Trinajstić information content (AvgIpc) is 2.99. The van der Waals surface area contributed by atoms with Gasteiger partial charge in [-0.2, -0.15) is 0 Å². The Morgan fingerprint density at radius 1 is 0.455 bits per heavy atom. The van der Waals surface area contributed by atoms with Gasteiger partial charge in [0.2, 0.25) is 35.4 Å². The van der Waals surface area contributed by atoms with Crippen LogP contribution in [0.15, 0.2) is 0 Å². The lowest BCUT2D eigenvalue weighted by atomic mass is 10.3. The Morgan fingerprint density at radius 2 is 0.659 bits per heavy atom. The summed E-state index contributed by atoms with van der Waals surface area (Å²) >= 11 is 0. The van der Waals surface area contributed by atoms with E-state index >= 15 is 0 Å². The lowest BCUT2D eigenvalue weighted by Crippen LogP contribution is -2.54. The molecule has 1 saturated heterocycles. The third-order valence-electron chi connectivity index (χ3n) is 6.33. The Balaban J connectivity index is 3.62. The van der Waals surface area contributed by atoms with Crippen LogP contribution in [0.1, 0.15) is 0 Å². The summed E-state index contributed by atoms with van der Waals surface area (Å²) in [5.74, 6) is 5.22. The van der Waals surface area contributed by atoms with E-state index in [2.05, 4.69) is 23.7 Å². The summed E-state index contributed by atoms with van der Waals surface area (Å²) in [5, 5.41) is 0. The molecule has 1 aliphatic heterocycles. The number of rotatable bonds is 10. The van der Waals surface area contributed by atoms with Gasteiger partial charge in [0, 0.05) is 27.3 Å². The number of hydrogen-bond donors (Lipinski definition) is 0. The number of methoxy groups -OCH3 is 2. The molecule has 44 heavy (non-hydrogen) atoms. The molecule has 14 heteroatoms. The van der Waals surface area contributed by atoms with E-state index in [1.165, 1.54) is 14.2 Å². The molecular weight excluding hydrogens is 572 g/mol. The van der Waals surface area contributed by atoms with Crippen LogP contribution in [0.3, 0.4) is 0 Å². The quantitative estimate of drug-likeness (QED) is 0.236. The van der Waals surface area contributed by atoms with E-state index in [-0.39, 0.29) is 52.5 Å². The Bertz CT molecular complexity index is 1100. The summed E-state index contributed by atoms with van der Waals surface area (Å²) in [7, 11) is 2.81. The van der Waals surface area contributed by atoms with Crippen LogP contribution in [0.5, 0.6) is 0 Å². The van der Waals surface area contributed by atoms with Crippen molar-refractivity contribution >= 4 is 35.4 Å². The molecule has 0 spiro atoms. The Hall–Kier alpha value is -5.02. The molecule has 1 heterocycles. The topological polar surface area (TPSA) is 140 Å². The van der Waals surface area contributed by atoms with E-state index in [4.69, 9.17) is 35.2 Å². The number of carbonyl (C=O) groups is 6. The predicted molar refractivity (Wildman–Crippen MR) is 159 cm³/mol. The Kier molecular flexibility index (Phi) is 16.8. The summed E-state index contributed by atoms with van der Waals surface area (Å²) in [5.41, 5.74) is 0. The van der Waals surface area contributed by atoms with Crippen LogP contribution in [-0.2, 0) is 38.2 Å². The van der Waals surface area contributed by atoms with Gasteiger partial charge in [0.1, 0.15) is 26.2 Å². The maximum Gasteiger partial charge on any atom is 0.243 e. The molecule has 1 aliphatic rings. The molecule has 6 amide bonds. The van der Waals surface area contributed by atoms with Crippen LogP contribution < -0.4 is 0 Å². The molecule has 1 rings (SSSR count). The minimum absolute atomic E-state index is 0.0340. The molecule has 0 bridgehead atoms. The molecule has 14 nitrogen and oxygen atoms in total. The van der Waals surface area contributed by atoms with Gasteiger partial charge < -0.3 is 38.9 Å². The maximum absolute atomic E-state index is 13.3. The first-order chi connectivity index (χ1) is 21.1. The zero-order valence-corrected chi connectivity index (χ0v) is 25.2. The summed E-state index contributed by atoms with van der Waals surface area (Å²) in [4.78, 5) is 86.3. The largest absolute Gasteiger partial charge is 0.383 e. The first-order valence-corrected chi connectivity index (χ1v) is 13.4. The van der Waals surface area contributed by atoms with Crippen molar-refractivity contribution < 1.29 is 38.2 Å². The van der Waals surface area contributed by atoms with Crippen LogP contribution >= 0.6 is 0 Å². The number of nitrogens with zero attached hydrogens (tertiary/aromatic N) is 6. The summed E-state index contributed by atoms with van der Waals surface area (Å²) in [6, 6.07) is 0. The fraction of sp³-hybridized carbons (Fsp3) is 0.533. The minimum atomic E-state index is -0.687. The summed E-state index contributed by atoms with van der Waals surface area (Å²) in [6.07, 6.45) is 21.8. The number of hydrogen-bond acceptors (Lipinski definition) is 8. The number of terminal acetylenes is 4. The molecule has 0 unspecified atom stereocenters. The van der Waals surface area contributed by atoms with Gasteiger partial charge in [0.25, 0.3) is 0 Å². The first kappa shape index (κ1) is 37.0. The second kappa shape index (κ2) is 20.0. The van der Waals surface area contributed by atoms with Gasteiger partial charge >= 0.3 is 0 Å². The molecule has 0 saturated carbocycles. The smallest absolute Gasteiger partial charge is 0.243 e. The van der Waals surface area contributed by atoms with Crippen LogP contribution in [0.25, 0.3) is 0 Å². The van der Waals surface area contributed by atoms with Crippen LogP contribution in [0.4, 0.5) is 0 Å². The van der Waals surface area contributed by atoms with Gasteiger partial charge in [-0.15, -0.1) is 25.7 Å². The number of amides is 6. The van der Waals surface area contributed by atoms with E-state index in [0.717, 1.165) is 29.4 Å². The highest BCUT2D eigenvalue weighted by Gasteiger charge is 2.30. The van der Waals surface area contributed by atoms with Gasteiger partial charge in [-0.25, -0.2) is 0 Å². The van der Waals surface area contributed by atoms with E-state index in [0.29, 0.717) is 0 Å². The molecule has 0 aromatic carbocycles. The standard InChI is InChI=1S/C30H38N6O8/c1-7-11-31-19-25(37)33(13-9-3)21-30(42)36(16-18-44-6)24-28(40)32(12-8-2)20-26(38)34(14-10-4)22-29(41)35(15-17-43-5)23-27(31)39/h1-4H,11-24H2,5-6H3. The fourth-order valence-electron chi connectivity index (χ4n) is 3.94. The summed E-state index contributed by atoms with van der Waals surface area (Å²) in [6.45, 7) is -4.24. The molecule has 0 aromatic rings. The number of carbonyl (C=O) groups excluding carboxylic acids is 6. The zero-order chi connectivity index (χ0) is 33.1. The van der Waals surface area contributed by atoms with Crippen LogP contribution in [0.2, 0.25) is 0 Å². The van der Waals surface area contributed by atoms with Gasteiger partial charge in [-0.05, 0) is 0 Å². The van der Waals surface area contributed by atoms with Crippen LogP contribution in [-0.4, -0.2) is 171 Å². The second-order valence-electron chi connectivity index (χ2n) is 9.43. The van der Waals surface area contributed by atoms with Crippen molar-refractivity contribution in [3.05, 3.63) is 0 Å². The molecular formula is C30H38N6O8. The third-order valence-corrected chi connectivity index (χ3v) is 6.33. The summed E-state index contributed by atoms with van der Waals surface area (Å²) < 4.78 is 10.1. The Morgan fingerprint density at radius 3 is 0.864 bits per heavy atom. The SMILES string of the molecule is C#CCN1CC(=O)N(CCOC)CC(=O)N(CC#C)CC(=O)N(CC#C)CC(=O)N(CCOC)CC(=O)N(CC#C)CC1=O. The molecule has 0 aliphatic carbocycles. The maximum atomic E-state index is 13.3. The Labute approximate surface area is 258 Å². The predicted octanol–water partition coefficient (Wildman–Crippen LogP) is -3.20. The lowest BCUT2D eigenvalue weighted by molar-refractivity contribution is -0.149. The third kappa shape index (κ3) is 12.1. The van der Waals surface area contributed by atoms with Crippen LogP contribution in [0, 0.1) is 49.4 Å². The van der Waals surface area contributed by atoms with Crippen molar-refractivity contribution in [3.63, 3.8) is 0 Å². The number of ether oxygens (including phenoxy) is 2. The molecule has 236 valence electrons. The molecule has 0 radical (unpaired) electrons. The van der Waals surface area contributed by atoms with Crippen molar-refractivity contribution in [1.82, 2.24) is 29.4 Å². The van der Waals surface area contributed by atoms with Gasteiger partial charge in [0.15, 0.2) is 0 Å². The monoisotopic (exact) mass is 610 g/mol. The van der Waals surface area contributed by atoms with Crippen molar-refractivity contribution in [2.24, 2.45) is 0 Å². The zero-order valence-electron chi connectivity index (χ0n) is 25.2. The van der Waals surface area contributed by atoms with E-state index in [9.17, 15) is 28.8 Å². The van der Waals surface area contributed by atoms with E-state index < -0.39 is 74.7 Å². The van der Waals surface area contributed by atoms with Gasteiger partial charge in [-0.1, -0.05) is 23.7 Å². The minimum Gasteiger partial charge on any atom is -0.383 e. The van der Waals surface area contributed by atoms with E-state index in [1.807, 2.05) is 0 Å². The van der Waals surface area contributed by atoms with Crippen molar-refractivity contribution in [2.45, 2.75) is 0 Å². The van der Waals surface area contributed by atoms with Gasteiger partial charge in [-0.3, -0.25) is 28.8 Å². The molecule has 1 fully saturated rings. The molecule has 0 atom stereocenters. The highest BCUT2D eigenvalue weighted by molar-refractivity contribution is 5.94. The molecule has 0 aromatic heterocycles. The average molecular weight is 611 g/mol. The second-order valence-corrected chi connectivity index (χ2v) is 9.43. The normalized spacial score (nSPS) is 16.7. The highest BCUT2D eigenvalue weighted by Crippen LogP contribution is 2.05. The highest BCUT2D eigenvalue weighted by atomic mass is 16.5. The van der Waals surface area contributed by atoms with Crippen molar-refractivity contribution in [2.75, 3.05) is 106 Å². The van der Waals surface area contributed by atoms with E-state index in [1.54, 1.807) is 0 Å². The van der Waals surface area contributed by atoms with Crippen molar-refractivity contribution in [1.29, 1.82) is 0 Å². The molecule has 0 N–H and O–H groups in total.